The first-order valence-corrected chi connectivity index (χ1v) is 10.1. The highest BCUT2D eigenvalue weighted by Gasteiger charge is 2.36. The van der Waals surface area contributed by atoms with Gasteiger partial charge in [-0.1, -0.05) is 30.3 Å². The number of hydrogen-bond acceptors (Lipinski definition) is 6. The highest BCUT2D eigenvalue weighted by molar-refractivity contribution is 6.40. The van der Waals surface area contributed by atoms with Crippen LogP contribution in [0, 0.1) is 0 Å². The Morgan fingerprint density at radius 1 is 1.19 bits per heavy atom. The van der Waals surface area contributed by atoms with Gasteiger partial charge in [0.05, 0.1) is 12.8 Å². The maximum atomic E-state index is 13.2. The lowest BCUT2D eigenvalue weighted by atomic mass is 10.0. The van der Waals surface area contributed by atoms with Crippen LogP contribution in [0.3, 0.4) is 0 Å². The van der Waals surface area contributed by atoms with Crippen molar-refractivity contribution in [3.63, 3.8) is 0 Å². The van der Waals surface area contributed by atoms with Crippen LogP contribution in [0.15, 0.2) is 72.1 Å². The van der Waals surface area contributed by atoms with Gasteiger partial charge in [-0.2, -0.15) is 5.10 Å². The fourth-order valence-electron chi connectivity index (χ4n) is 3.68. The van der Waals surface area contributed by atoms with E-state index in [9.17, 15) is 9.59 Å². The van der Waals surface area contributed by atoms with E-state index in [1.807, 2.05) is 72.4 Å². The summed E-state index contributed by atoms with van der Waals surface area (Å²) in [5.74, 6) is 0.370. The predicted molar refractivity (Wildman–Crippen MR) is 120 cm³/mol. The SMILES string of the molecule is COc1cccc([C@@H](NC(=O)C2=NN(c3ccccc3)[C@@H](C(N)=O)C2)c2nccn2C)c1. The number of methoxy groups -OCH3 is 1. The minimum absolute atomic E-state index is 0.113. The Bertz CT molecular complexity index is 1160. The van der Waals surface area contributed by atoms with E-state index in [0.717, 1.165) is 5.56 Å². The Hall–Kier alpha value is -4.14. The minimum Gasteiger partial charge on any atom is -0.497 e. The van der Waals surface area contributed by atoms with Crippen LogP contribution in [0.1, 0.15) is 23.9 Å². The van der Waals surface area contributed by atoms with Crippen molar-refractivity contribution in [2.24, 2.45) is 17.9 Å². The summed E-state index contributed by atoms with van der Waals surface area (Å²) in [7, 11) is 3.44. The minimum atomic E-state index is -0.735. The van der Waals surface area contributed by atoms with Crippen molar-refractivity contribution in [1.29, 1.82) is 0 Å². The van der Waals surface area contributed by atoms with Gasteiger partial charge in [0.1, 0.15) is 29.4 Å². The number of nitrogens with two attached hydrogens (primary N) is 1. The molecule has 3 aromatic rings. The van der Waals surface area contributed by atoms with Gasteiger partial charge in [0.25, 0.3) is 5.91 Å². The molecule has 0 saturated carbocycles. The Morgan fingerprint density at radius 3 is 2.62 bits per heavy atom. The standard InChI is InChI=1S/C23H24N6O3/c1-28-12-11-25-22(28)20(15-7-6-10-17(13-15)32-2)26-23(31)18-14-19(21(24)30)29(27-18)16-8-4-3-5-9-16/h3-13,19-20H,14H2,1-2H3,(H2,24,30)(H,26,31)/t19-,20-/m1/s1. The van der Waals surface area contributed by atoms with Gasteiger partial charge in [-0.25, -0.2) is 4.98 Å². The number of hydrogen-bond donors (Lipinski definition) is 2. The molecule has 0 aliphatic carbocycles. The van der Waals surface area contributed by atoms with E-state index < -0.39 is 23.9 Å². The fourth-order valence-corrected chi connectivity index (χ4v) is 3.68. The molecular formula is C23H24N6O3. The van der Waals surface area contributed by atoms with Gasteiger partial charge >= 0.3 is 0 Å². The summed E-state index contributed by atoms with van der Waals surface area (Å²) < 4.78 is 7.18. The Morgan fingerprint density at radius 2 is 1.97 bits per heavy atom. The molecule has 32 heavy (non-hydrogen) atoms. The number of anilines is 1. The average Bonchev–Trinajstić information content (AvgIpc) is 3.45. The van der Waals surface area contributed by atoms with Crippen LogP contribution < -0.4 is 20.8 Å². The summed E-state index contributed by atoms with van der Waals surface area (Å²) in [5, 5.41) is 8.94. The second-order valence-electron chi connectivity index (χ2n) is 7.43. The smallest absolute Gasteiger partial charge is 0.268 e. The van der Waals surface area contributed by atoms with Gasteiger partial charge in [0, 0.05) is 25.9 Å². The van der Waals surface area contributed by atoms with Crippen LogP contribution in [-0.4, -0.2) is 40.2 Å². The normalized spacial score (nSPS) is 16.4. The quantitative estimate of drug-likeness (QED) is 0.590. The second kappa shape index (κ2) is 8.93. The lowest BCUT2D eigenvalue weighted by Crippen LogP contribution is -2.40. The van der Waals surface area contributed by atoms with Gasteiger partial charge in [-0.15, -0.1) is 0 Å². The van der Waals surface area contributed by atoms with Crippen LogP contribution in [0.5, 0.6) is 5.75 Å². The van der Waals surface area contributed by atoms with Crippen LogP contribution in [0.4, 0.5) is 5.69 Å². The molecule has 0 saturated heterocycles. The topological polar surface area (TPSA) is 115 Å². The summed E-state index contributed by atoms with van der Waals surface area (Å²) in [6.45, 7) is 0. The number of para-hydroxylation sites is 1. The van der Waals surface area contributed by atoms with Crippen molar-refractivity contribution < 1.29 is 14.3 Å². The molecule has 0 fully saturated rings. The third-order valence-corrected chi connectivity index (χ3v) is 5.34. The molecule has 9 nitrogen and oxygen atoms in total. The Balaban J connectivity index is 1.65. The van der Waals surface area contributed by atoms with E-state index in [-0.39, 0.29) is 12.1 Å². The zero-order chi connectivity index (χ0) is 22.7. The number of nitrogens with one attached hydrogen (secondary N) is 1. The summed E-state index contributed by atoms with van der Waals surface area (Å²) >= 11 is 0. The number of aromatic nitrogens is 2. The molecule has 2 aromatic carbocycles. The van der Waals surface area contributed by atoms with Crippen LogP contribution in [0.25, 0.3) is 0 Å². The summed E-state index contributed by atoms with van der Waals surface area (Å²) in [6, 6.07) is 15.3. The molecule has 9 heteroatoms. The van der Waals surface area contributed by atoms with Crippen molar-refractivity contribution in [3.8, 4) is 5.75 Å². The predicted octanol–water partition coefficient (Wildman–Crippen LogP) is 1.75. The summed E-state index contributed by atoms with van der Waals surface area (Å²) in [5.41, 5.74) is 7.31. The fraction of sp³-hybridized carbons (Fsp3) is 0.217. The van der Waals surface area contributed by atoms with Crippen LogP contribution >= 0.6 is 0 Å². The van der Waals surface area contributed by atoms with Gasteiger partial charge < -0.3 is 20.4 Å². The lowest BCUT2D eigenvalue weighted by molar-refractivity contribution is -0.119. The third kappa shape index (κ3) is 4.18. The van der Waals surface area contributed by atoms with Crippen molar-refractivity contribution >= 4 is 23.2 Å². The molecule has 0 spiro atoms. The number of carbonyl (C=O) groups is 2. The molecule has 1 aliphatic rings. The molecule has 0 radical (unpaired) electrons. The van der Waals surface area contributed by atoms with Crippen molar-refractivity contribution in [2.45, 2.75) is 18.5 Å². The molecule has 2 atom stereocenters. The van der Waals surface area contributed by atoms with Crippen LogP contribution in [0.2, 0.25) is 0 Å². The van der Waals surface area contributed by atoms with E-state index in [1.165, 1.54) is 5.01 Å². The van der Waals surface area contributed by atoms with Gasteiger partial charge in [0.2, 0.25) is 5.91 Å². The van der Waals surface area contributed by atoms with E-state index in [2.05, 4.69) is 15.4 Å². The molecule has 2 amide bonds. The van der Waals surface area contributed by atoms with Gasteiger partial charge in [0.15, 0.2) is 0 Å². The van der Waals surface area contributed by atoms with Crippen molar-refractivity contribution in [3.05, 3.63) is 78.4 Å². The lowest BCUT2D eigenvalue weighted by Gasteiger charge is -2.20. The largest absolute Gasteiger partial charge is 0.497 e. The highest BCUT2D eigenvalue weighted by Crippen LogP contribution is 2.27. The van der Waals surface area contributed by atoms with E-state index >= 15 is 0 Å². The zero-order valence-electron chi connectivity index (χ0n) is 17.8. The number of hydrazone groups is 1. The number of carbonyl (C=O) groups excluding carboxylic acids is 2. The second-order valence-corrected chi connectivity index (χ2v) is 7.43. The number of imidazole rings is 1. The van der Waals surface area contributed by atoms with Crippen molar-refractivity contribution in [2.75, 3.05) is 12.1 Å². The monoisotopic (exact) mass is 432 g/mol. The number of aryl methyl sites for hydroxylation is 1. The molecular weight excluding hydrogens is 408 g/mol. The number of nitrogens with zero attached hydrogens (tertiary/aromatic N) is 4. The maximum absolute atomic E-state index is 13.2. The molecule has 0 bridgehead atoms. The third-order valence-electron chi connectivity index (χ3n) is 5.34. The molecule has 0 unspecified atom stereocenters. The zero-order valence-corrected chi connectivity index (χ0v) is 17.8. The van der Waals surface area contributed by atoms with E-state index in [0.29, 0.717) is 17.3 Å². The molecule has 164 valence electrons. The summed E-state index contributed by atoms with van der Waals surface area (Å²) in [6.07, 6.45) is 3.59. The Kier molecular flexibility index (Phi) is 5.89. The summed E-state index contributed by atoms with van der Waals surface area (Å²) in [4.78, 5) is 29.7. The highest BCUT2D eigenvalue weighted by atomic mass is 16.5. The number of benzene rings is 2. The molecule has 1 aliphatic heterocycles. The first kappa shape index (κ1) is 21.1. The van der Waals surface area contributed by atoms with Crippen molar-refractivity contribution in [1.82, 2.24) is 14.9 Å². The molecule has 3 N–H and O–H groups in total. The average molecular weight is 432 g/mol. The molecule has 1 aromatic heterocycles. The van der Waals surface area contributed by atoms with Crippen LogP contribution in [-0.2, 0) is 16.6 Å². The number of ether oxygens (including phenoxy) is 1. The Labute approximate surface area is 185 Å². The number of amides is 2. The number of primary amides is 1. The van der Waals surface area contributed by atoms with Gasteiger partial charge in [-0.05, 0) is 29.8 Å². The maximum Gasteiger partial charge on any atom is 0.268 e. The molecule has 4 rings (SSSR count). The first-order valence-electron chi connectivity index (χ1n) is 10.1. The van der Waals surface area contributed by atoms with Gasteiger partial charge in [-0.3, -0.25) is 14.6 Å². The number of rotatable bonds is 7. The van der Waals surface area contributed by atoms with E-state index in [4.69, 9.17) is 10.5 Å². The molecule has 2 heterocycles. The first-order chi connectivity index (χ1) is 15.5. The van der Waals surface area contributed by atoms with E-state index in [1.54, 1.807) is 13.3 Å².